The molecule has 3 heterocycles. The molecular weight excluding hydrogens is 320 g/mol. The maximum Gasteiger partial charge on any atom is 0.194 e. The minimum Gasteiger partial charge on any atom is -0.357 e. The second-order valence-corrected chi connectivity index (χ2v) is 7.66. The molecular formula is C17H26N6S. The second-order valence-electron chi connectivity index (χ2n) is 6.31. The lowest BCUT2D eigenvalue weighted by molar-refractivity contribution is 0.380. The van der Waals surface area contributed by atoms with Crippen molar-refractivity contribution in [2.45, 2.75) is 32.6 Å². The van der Waals surface area contributed by atoms with Crippen LogP contribution in [0.1, 0.15) is 26.6 Å². The van der Waals surface area contributed by atoms with Gasteiger partial charge in [-0.2, -0.15) is 11.8 Å². The summed E-state index contributed by atoms with van der Waals surface area (Å²) in [5.74, 6) is 3.69. The number of hydrogen-bond donors (Lipinski definition) is 1. The molecule has 1 atom stereocenters. The van der Waals surface area contributed by atoms with E-state index in [1.165, 1.54) is 0 Å². The Hall–Kier alpha value is -1.76. The Morgan fingerprint density at radius 1 is 1.42 bits per heavy atom. The zero-order valence-corrected chi connectivity index (χ0v) is 15.5. The van der Waals surface area contributed by atoms with Crippen molar-refractivity contribution in [3.8, 4) is 0 Å². The largest absolute Gasteiger partial charge is 0.357 e. The predicted octanol–water partition coefficient (Wildman–Crippen LogP) is 2.27. The number of rotatable bonds is 4. The SMILES string of the molecule is CCNC(=NCc1nnc2ccccn12)N1CCSC(C(C)C)C1. The van der Waals surface area contributed by atoms with E-state index in [4.69, 9.17) is 4.99 Å². The quantitative estimate of drug-likeness (QED) is 0.680. The topological polar surface area (TPSA) is 57.8 Å². The van der Waals surface area contributed by atoms with Crippen molar-refractivity contribution in [2.75, 3.05) is 25.4 Å². The monoisotopic (exact) mass is 346 g/mol. The number of nitrogens with one attached hydrogen (secondary N) is 1. The van der Waals surface area contributed by atoms with Gasteiger partial charge in [0.05, 0.1) is 0 Å². The molecule has 1 N–H and O–H groups in total. The molecule has 7 heteroatoms. The second kappa shape index (κ2) is 7.88. The molecule has 2 aromatic heterocycles. The van der Waals surface area contributed by atoms with Gasteiger partial charge in [0, 0.05) is 36.8 Å². The first-order valence-electron chi connectivity index (χ1n) is 8.62. The van der Waals surface area contributed by atoms with Gasteiger partial charge in [-0.05, 0) is 25.0 Å². The van der Waals surface area contributed by atoms with Gasteiger partial charge in [0.15, 0.2) is 17.4 Å². The van der Waals surface area contributed by atoms with Crippen LogP contribution >= 0.6 is 11.8 Å². The number of pyridine rings is 1. The van der Waals surface area contributed by atoms with Gasteiger partial charge < -0.3 is 10.2 Å². The highest BCUT2D eigenvalue weighted by Gasteiger charge is 2.24. The molecule has 0 aromatic carbocycles. The molecule has 0 amide bonds. The first-order chi connectivity index (χ1) is 11.7. The molecule has 0 bridgehead atoms. The molecule has 2 aromatic rings. The summed E-state index contributed by atoms with van der Waals surface area (Å²) >= 11 is 2.08. The lowest BCUT2D eigenvalue weighted by atomic mass is 10.1. The Morgan fingerprint density at radius 2 is 2.29 bits per heavy atom. The molecule has 1 aliphatic rings. The Labute approximate surface area is 147 Å². The summed E-state index contributed by atoms with van der Waals surface area (Å²) in [4.78, 5) is 7.21. The van der Waals surface area contributed by atoms with Crippen LogP contribution in [0.2, 0.25) is 0 Å². The third kappa shape index (κ3) is 3.83. The van der Waals surface area contributed by atoms with E-state index >= 15 is 0 Å². The fourth-order valence-electron chi connectivity index (χ4n) is 2.84. The molecule has 130 valence electrons. The fraction of sp³-hybridized carbons (Fsp3) is 0.588. The summed E-state index contributed by atoms with van der Waals surface area (Å²) in [6.07, 6.45) is 1.99. The van der Waals surface area contributed by atoms with Crippen molar-refractivity contribution in [2.24, 2.45) is 10.9 Å². The number of hydrogen-bond acceptors (Lipinski definition) is 4. The van der Waals surface area contributed by atoms with Crippen LogP contribution < -0.4 is 5.32 Å². The summed E-state index contributed by atoms with van der Waals surface area (Å²) in [5, 5.41) is 12.6. The smallest absolute Gasteiger partial charge is 0.194 e. The Bertz CT molecular complexity index is 695. The van der Waals surface area contributed by atoms with Gasteiger partial charge >= 0.3 is 0 Å². The van der Waals surface area contributed by atoms with Crippen molar-refractivity contribution < 1.29 is 0 Å². The summed E-state index contributed by atoms with van der Waals surface area (Å²) in [6.45, 7) is 10.2. The van der Waals surface area contributed by atoms with E-state index < -0.39 is 0 Å². The average Bonchev–Trinajstić information content (AvgIpc) is 3.02. The number of guanidine groups is 1. The lowest BCUT2D eigenvalue weighted by Gasteiger charge is -2.36. The van der Waals surface area contributed by atoms with E-state index in [0.29, 0.717) is 17.7 Å². The number of aliphatic imine (C=N–C) groups is 1. The number of thioether (sulfide) groups is 1. The minimum absolute atomic E-state index is 0.531. The van der Waals surface area contributed by atoms with Gasteiger partial charge in [-0.25, -0.2) is 4.99 Å². The predicted molar refractivity (Wildman–Crippen MR) is 100 cm³/mol. The van der Waals surface area contributed by atoms with Crippen molar-refractivity contribution in [1.82, 2.24) is 24.8 Å². The third-order valence-electron chi connectivity index (χ3n) is 4.23. The molecule has 24 heavy (non-hydrogen) atoms. The molecule has 0 saturated carbocycles. The number of aromatic nitrogens is 3. The van der Waals surface area contributed by atoms with E-state index in [9.17, 15) is 0 Å². The van der Waals surface area contributed by atoms with Crippen LogP contribution in [0.25, 0.3) is 5.65 Å². The first kappa shape index (κ1) is 17.1. The van der Waals surface area contributed by atoms with E-state index in [0.717, 1.165) is 42.8 Å². The van der Waals surface area contributed by atoms with Crippen LogP contribution in [0.5, 0.6) is 0 Å². The minimum atomic E-state index is 0.531. The van der Waals surface area contributed by atoms with Crippen LogP contribution in [-0.2, 0) is 6.54 Å². The standard InChI is InChI=1S/C17H26N6S/c1-4-18-17(22-9-10-24-14(12-22)13(2)3)19-11-16-21-20-15-7-5-6-8-23(15)16/h5-8,13-14H,4,9-12H2,1-3H3,(H,18,19). The first-order valence-corrected chi connectivity index (χ1v) is 9.67. The zero-order chi connectivity index (χ0) is 16.9. The van der Waals surface area contributed by atoms with Gasteiger partial charge in [0.25, 0.3) is 0 Å². The Kier molecular flexibility index (Phi) is 5.60. The average molecular weight is 347 g/mol. The Balaban J connectivity index is 1.76. The van der Waals surface area contributed by atoms with Crippen LogP contribution in [0.3, 0.4) is 0 Å². The maximum atomic E-state index is 4.82. The van der Waals surface area contributed by atoms with Crippen molar-refractivity contribution in [3.63, 3.8) is 0 Å². The molecule has 6 nitrogen and oxygen atoms in total. The summed E-state index contributed by atoms with van der Waals surface area (Å²) in [5.41, 5.74) is 0.863. The van der Waals surface area contributed by atoms with Crippen LogP contribution in [0.4, 0.5) is 0 Å². The molecule has 1 unspecified atom stereocenters. The van der Waals surface area contributed by atoms with Gasteiger partial charge in [-0.1, -0.05) is 19.9 Å². The van der Waals surface area contributed by atoms with E-state index in [1.807, 2.05) is 28.8 Å². The Morgan fingerprint density at radius 3 is 3.08 bits per heavy atom. The molecule has 1 fully saturated rings. The van der Waals surface area contributed by atoms with Crippen molar-refractivity contribution >= 4 is 23.4 Å². The summed E-state index contributed by atoms with van der Waals surface area (Å²) < 4.78 is 2.00. The third-order valence-corrected chi connectivity index (χ3v) is 5.77. The fourth-order valence-corrected chi connectivity index (χ4v) is 4.14. The zero-order valence-electron chi connectivity index (χ0n) is 14.6. The van der Waals surface area contributed by atoms with E-state index in [2.05, 4.69) is 52.9 Å². The molecule has 0 radical (unpaired) electrons. The highest BCUT2D eigenvalue weighted by atomic mass is 32.2. The lowest BCUT2D eigenvalue weighted by Crippen LogP contribution is -2.49. The van der Waals surface area contributed by atoms with Crippen LogP contribution in [-0.4, -0.2) is 56.1 Å². The number of nitrogens with zero attached hydrogens (tertiary/aromatic N) is 5. The van der Waals surface area contributed by atoms with Crippen LogP contribution in [0, 0.1) is 5.92 Å². The van der Waals surface area contributed by atoms with Crippen molar-refractivity contribution in [1.29, 1.82) is 0 Å². The van der Waals surface area contributed by atoms with Gasteiger partial charge in [-0.15, -0.1) is 10.2 Å². The summed E-state index contributed by atoms with van der Waals surface area (Å²) in [7, 11) is 0. The summed E-state index contributed by atoms with van der Waals surface area (Å²) in [6, 6.07) is 5.92. The normalized spacial score (nSPS) is 19.2. The van der Waals surface area contributed by atoms with Gasteiger partial charge in [0.2, 0.25) is 0 Å². The van der Waals surface area contributed by atoms with Gasteiger partial charge in [-0.3, -0.25) is 4.40 Å². The van der Waals surface area contributed by atoms with E-state index in [-0.39, 0.29) is 0 Å². The molecule has 1 saturated heterocycles. The number of fused-ring (bicyclic) bond motifs is 1. The molecule has 3 rings (SSSR count). The molecule has 1 aliphatic heterocycles. The highest BCUT2D eigenvalue weighted by Crippen LogP contribution is 2.24. The van der Waals surface area contributed by atoms with E-state index in [1.54, 1.807) is 0 Å². The van der Waals surface area contributed by atoms with Gasteiger partial charge in [0.1, 0.15) is 6.54 Å². The maximum absolute atomic E-state index is 4.82. The molecule has 0 aliphatic carbocycles. The highest BCUT2D eigenvalue weighted by molar-refractivity contribution is 8.00. The van der Waals surface area contributed by atoms with Crippen LogP contribution in [0.15, 0.2) is 29.4 Å². The molecule has 0 spiro atoms. The van der Waals surface area contributed by atoms with Crippen molar-refractivity contribution in [3.05, 3.63) is 30.2 Å².